The van der Waals surface area contributed by atoms with Gasteiger partial charge in [0.25, 0.3) is 0 Å². The zero-order valence-corrected chi connectivity index (χ0v) is 10.9. The number of fused-ring (bicyclic) bond motifs is 3. The Morgan fingerprint density at radius 1 is 1.20 bits per heavy atom. The lowest BCUT2D eigenvalue weighted by atomic mass is 9.72. The van der Waals surface area contributed by atoms with Crippen LogP contribution < -0.4 is 0 Å². The molecule has 1 aliphatic rings. The summed E-state index contributed by atoms with van der Waals surface area (Å²) < 4.78 is 0. The molecule has 0 amide bonds. The number of aromatic nitrogens is 2. The minimum absolute atomic E-state index is 0.341. The quantitative estimate of drug-likeness (QED) is 0.568. The number of H-pyrrole nitrogens is 1. The second-order valence-electron chi connectivity index (χ2n) is 5.39. The van der Waals surface area contributed by atoms with Crippen molar-refractivity contribution in [3.05, 3.63) is 42.2 Å². The summed E-state index contributed by atoms with van der Waals surface area (Å²) in [4.78, 5) is 22.3. The van der Waals surface area contributed by atoms with Gasteiger partial charge in [-0.1, -0.05) is 6.07 Å². The monoisotopic (exact) mass is 263 g/mol. The normalized spacial score (nSPS) is 16.8. The molecule has 1 saturated carbocycles. The van der Waals surface area contributed by atoms with Crippen molar-refractivity contribution < 1.29 is 4.79 Å². The van der Waals surface area contributed by atoms with E-state index >= 15 is 0 Å². The van der Waals surface area contributed by atoms with Gasteiger partial charge in [0, 0.05) is 22.5 Å². The van der Waals surface area contributed by atoms with Gasteiger partial charge < -0.3 is 4.98 Å². The molecular weight excluding hydrogens is 250 g/mol. The summed E-state index contributed by atoms with van der Waals surface area (Å²) in [5, 5.41) is 2.31. The number of nitrogens with one attached hydrogen (secondary N) is 1. The predicted molar refractivity (Wildman–Crippen MR) is 77.3 cm³/mol. The van der Waals surface area contributed by atoms with Crippen molar-refractivity contribution >= 4 is 27.9 Å². The maximum absolute atomic E-state index is 10.7. The standard InChI is InChI=1S/C16H13N3O/c20-10-18-16(5-1-6-16)11-2-3-14-13(8-11)12-4-7-17-9-15(12)19-14/h2-4,7-9,19H,1,5-6H2. The minimum Gasteiger partial charge on any atom is -0.353 e. The molecule has 0 saturated heterocycles. The largest absolute Gasteiger partial charge is 0.353 e. The van der Waals surface area contributed by atoms with E-state index < -0.39 is 0 Å². The third-order valence-electron chi connectivity index (χ3n) is 4.38. The van der Waals surface area contributed by atoms with Crippen LogP contribution in [-0.2, 0) is 10.3 Å². The molecule has 4 rings (SSSR count). The Hall–Kier alpha value is -2.45. The average Bonchev–Trinajstić information content (AvgIpc) is 2.80. The number of nitrogens with zero attached hydrogens (tertiary/aromatic N) is 2. The summed E-state index contributed by atoms with van der Waals surface area (Å²) in [5.74, 6) is 0. The summed E-state index contributed by atoms with van der Waals surface area (Å²) in [6, 6.07) is 8.28. The molecule has 0 bridgehead atoms. The van der Waals surface area contributed by atoms with Crippen molar-refractivity contribution in [3.8, 4) is 0 Å². The van der Waals surface area contributed by atoms with Gasteiger partial charge in [-0.15, -0.1) is 0 Å². The Balaban J connectivity index is 1.98. The zero-order valence-electron chi connectivity index (χ0n) is 10.9. The van der Waals surface area contributed by atoms with Gasteiger partial charge in [-0.3, -0.25) is 4.98 Å². The predicted octanol–water partition coefficient (Wildman–Crippen LogP) is 3.43. The van der Waals surface area contributed by atoms with Crippen LogP contribution in [0.3, 0.4) is 0 Å². The van der Waals surface area contributed by atoms with Crippen LogP contribution in [0.2, 0.25) is 0 Å². The molecule has 1 aromatic carbocycles. The zero-order chi connectivity index (χ0) is 13.6. The van der Waals surface area contributed by atoms with Gasteiger partial charge in [-0.2, -0.15) is 4.99 Å². The van der Waals surface area contributed by atoms with E-state index in [0.717, 1.165) is 46.6 Å². The van der Waals surface area contributed by atoms with Gasteiger partial charge in [0.15, 0.2) is 0 Å². The van der Waals surface area contributed by atoms with Gasteiger partial charge in [-0.25, -0.2) is 4.79 Å². The van der Waals surface area contributed by atoms with Crippen LogP contribution >= 0.6 is 0 Å². The van der Waals surface area contributed by atoms with Gasteiger partial charge in [0.2, 0.25) is 6.08 Å². The lowest BCUT2D eigenvalue weighted by Gasteiger charge is -2.37. The van der Waals surface area contributed by atoms with Crippen molar-refractivity contribution in [2.24, 2.45) is 4.99 Å². The molecule has 2 aromatic heterocycles. The number of rotatable bonds is 2. The second kappa shape index (κ2) is 4.02. The topological polar surface area (TPSA) is 58.1 Å². The molecule has 4 heteroatoms. The Bertz CT molecular complexity index is 854. The highest BCUT2D eigenvalue weighted by atomic mass is 16.1. The van der Waals surface area contributed by atoms with Gasteiger partial charge in [-0.05, 0) is 43.0 Å². The Morgan fingerprint density at radius 2 is 2.10 bits per heavy atom. The highest BCUT2D eigenvalue weighted by molar-refractivity contribution is 6.07. The maximum atomic E-state index is 10.7. The number of aromatic amines is 1. The highest BCUT2D eigenvalue weighted by Crippen LogP contribution is 2.45. The van der Waals surface area contributed by atoms with Crippen LogP contribution in [0.1, 0.15) is 24.8 Å². The lowest BCUT2D eigenvalue weighted by molar-refractivity contribution is 0.256. The third-order valence-corrected chi connectivity index (χ3v) is 4.38. The molecule has 98 valence electrons. The van der Waals surface area contributed by atoms with Crippen LogP contribution in [0, 0.1) is 0 Å². The first-order valence-electron chi connectivity index (χ1n) is 6.77. The Labute approximate surface area is 115 Å². The van der Waals surface area contributed by atoms with E-state index in [2.05, 4.69) is 33.2 Å². The summed E-state index contributed by atoms with van der Waals surface area (Å²) in [6.45, 7) is 0. The smallest absolute Gasteiger partial charge is 0.235 e. The molecule has 1 fully saturated rings. The van der Waals surface area contributed by atoms with Crippen molar-refractivity contribution in [1.82, 2.24) is 9.97 Å². The van der Waals surface area contributed by atoms with E-state index in [-0.39, 0.29) is 5.54 Å². The van der Waals surface area contributed by atoms with E-state index in [4.69, 9.17) is 0 Å². The molecule has 0 radical (unpaired) electrons. The van der Waals surface area contributed by atoms with Crippen molar-refractivity contribution in [2.75, 3.05) is 0 Å². The number of carbonyl (C=O) groups excluding carboxylic acids is 1. The summed E-state index contributed by atoms with van der Waals surface area (Å²) in [5.41, 5.74) is 2.88. The van der Waals surface area contributed by atoms with Crippen molar-refractivity contribution in [3.63, 3.8) is 0 Å². The molecule has 1 N–H and O–H groups in total. The van der Waals surface area contributed by atoms with E-state index in [1.807, 2.05) is 12.3 Å². The van der Waals surface area contributed by atoms with Gasteiger partial charge in [0.05, 0.1) is 17.3 Å². The molecule has 0 unspecified atom stereocenters. The van der Waals surface area contributed by atoms with Crippen molar-refractivity contribution in [1.29, 1.82) is 0 Å². The fourth-order valence-electron chi connectivity index (χ4n) is 3.10. The lowest BCUT2D eigenvalue weighted by Crippen LogP contribution is -2.31. The van der Waals surface area contributed by atoms with E-state index in [9.17, 15) is 4.79 Å². The Morgan fingerprint density at radius 3 is 2.85 bits per heavy atom. The van der Waals surface area contributed by atoms with Crippen LogP contribution in [-0.4, -0.2) is 16.0 Å². The third kappa shape index (κ3) is 1.46. The molecule has 0 aliphatic heterocycles. The van der Waals surface area contributed by atoms with E-state index in [1.165, 1.54) is 0 Å². The molecule has 1 aliphatic carbocycles. The number of pyridine rings is 1. The number of isocyanates is 1. The van der Waals surface area contributed by atoms with Crippen LogP contribution in [0.25, 0.3) is 21.8 Å². The average molecular weight is 263 g/mol. The first-order chi connectivity index (χ1) is 9.82. The molecular formula is C16H13N3O. The molecule has 2 heterocycles. The van der Waals surface area contributed by atoms with Gasteiger partial charge in [0.1, 0.15) is 0 Å². The molecule has 0 atom stereocenters. The summed E-state index contributed by atoms with van der Waals surface area (Å²) in [6.07, 6.45) is 8.34. The molecule has 3 aromatic rings. The fraction of sp³-hybridized carbons (Fsp3) is 0.250. The second-order valence-corrected chi connectivity index (χ2v) is 5.39. The number of hydrogen-bond donors (Lipinski definition) is 1. The Kier molecular flexibility index (Phi) is 2.29. The fourth-order valence-corrected chi connectivity index (χ4v) is 3.10. The first-order valence-corrected chi connectivity index (χ1v) is 6.77. The SMILES string of the molecule is O=C=NC1(c2ccc3[nH]c4cnccc4c3c2)CCC1. The number of benzene rings is 1. The molecule has 4 nitrogen and oxygen atoms in total. The van der Waals surface area contributed by atoms with Crippen LogP contribution in [0.4, 0.5) is 0 Å². The van der Waals surface area contributed by atoms with E-state index in [0.29, 0.717) is 0 Å². The molecule has 20 heavy (non-hydrogen) atoms. The van der Waals surface area contributed by atoms with Gasteiger partial charge >= 0.3 is 0 Å². The first kappa shape index (κ1) is 11.4. The summed E-state index contributed by atoms with van der Waals surface area (Å²) >= 11 is 0. The van der Waals surface area contributed by atoms with Crippen LogP contribution in [0.15, 0.2) is 41.7 Å². The van der Waals surface area contributed by atoms with Crippen LogP contribution in [0.5, 0.6) is 0 Å². The minimum atomic E-state index is -0.341. The highest BCUT2D eigenvalue weighted by Gasteiger charge is 2.38. The summed E-state index contributed by atoms with van der Waals surface area (Å²) in [7, 11) is 0. The number of hydrogen-bond acceptors (Lipinski definition) is 3. The van der Waals surface area contributed by atoms with E-state index in [1.54, 1.807) is 12.3 Å². The molecule has 0 spiro atoms. The maximum Gasteiger partial charge on any atom is 0.235 e. The van der Waals surface area contributed by atoms with Crippen molar-refractivity contribution in [2.45, 2.75) is 24.8 Å². The number of aliphatic imine (C=N–C) groups is 1.